The van der Waals surface area contributed by atoms with Gasteiger partial charge in [-0.15, -0.1) is 0 Å². The van der Waals surface area contributed by atoms with E-state index >= 15 is 0 Å². The van der Waals surface area contributed by atoms with Crippen LogP contribution in [0.25, 0.3) is 0 Å². The lowest BCUT2D eigenvalue weighted by Gasteiger charge is -2.55. The highest BCUT2D eigenvalue weighted by Gasteiger charge is 2.49. The van der Waals surface area contributed by atoms with Crippen LogP contribution in [0.3, 0.4) is 0 Å². The quantitative estimate of drug-likeness (QED) is 0.179. The Labute approximate surface area is 540 Å². The molecule has 4 fully saturated rings. The van der Waals surface area contributed by atoms with E-state index in [0.29, 0.717) is 11.9 Å². The van der Waals surface area contributed by atoms with Crippen LogP contribution < -0.4 is 40.9 Å². The minimum atomic E-state index is -0.259. The van der Waals surface area contributed by atoms with Gasteiger partial charge in [-0.3, -0.25) is 9.80 Å². The van der Waals surface area contributed by atoms with Crippen LogP contribution in [0.1, 0.15) is 296 Å². The van der Waals surface area contributed by atoms with Crippen LogP contribution in [-0.2, 0) is 0 Å². The van der Waals surface area contributed by atoms with Gasteiger partial charge in [-0.1, -0.05) is 67.2 Å². The number of rotatable bonds is 10. The number of anilines is 6. The molecule has 0 atom stereocenters. The Kier molecular flexibility index (Phi) is 21.2. The van der Waals surface area contributed by atoms with Crippen molar-refractivity contribution >= 4 is 35.7 Å². The highest BCUT2D eigenvalue weighted by atomic mass is 15.4. The molecule has 16 nitrogen and oxygen atoms in total. The molecule has 2 aromatic rings. The topological polar surface area (TPSA) is 145 Å². The van der Waals surface area contributed by atoms with Gasteiger partial charge in [0.1, 0.15) is 0 Å². The summed E-state index contributed by atoms with van der Waals surface area (Å²) in [7, 11) is 4.66. The first-order valence-electron chi connectivity index (χ1n) is 35.2. The molecule has 5 aliphatic heterocycles. The van der Waals surface area contributed by atoms with E-state index in [0.717, 1.165) is 166 Å². The second kappa shape index (κ2) is 25.9. The first-order chi connectivity index (χ1) is 40.0. The van der Waals surface area contributed by atoms with E-state index in [-0.39, 0.29) is 90.4 Å². The lowest BCUT2D eigenvalue weighted by Crippen LogP contribution is -2.63. The largest absolute Gasteiger partial charge is 0.349 e. The van der Waals surface area contributed by atoms with E-state index in [1.54, 1.807) is 0 Å². The molecule has 0 aromatic carbocycles. The number of aromatic nitrogens is 6. The molecule has 88 heavy (non-hydrogen) atoms. The van der Waals surface area contributed by atoms with E-state index in [4.69, 9.17) is 29.9 Å². The van der Waals surface area contributed by atoms with Crippen LogP contribution >= 0.6 is 0 Å². The van der Waals surface area contributed by atoms with Crippen molar-refractivity contribution in [1.29, 1.82) is 0 Å². The van der Waals surface area contributed by atoms with Crippen LogP contribution in [-0.4, -0.2) is 160 Å². The number of hydrogen-bond donors (Lipinski definition) is 4. The Bertz CT molecular complexity index is 2370. The Morgan fingerprint density at radius 3 is 0.773 bits per heavy atom. The fourth-order valence-electron chi connectivity index (χ4n) is 18.4. The standard InChI is InChI=1S/C72H136N16/c1-61(2,3)49-67(15,16)79-55-73-57-77-59(75-55)87(53-45-69(19,20)83(27)70(21,22)46-53)39-35-31-32-36-40-88(54-47-71(23,24)84(28)72(25,26)48-54)60-76-56(80-68(17,18)50-62(4,5)6)74-58(78-60)86(52-43-65(11,12)82-66(13,14)44-52)38-34-30-29-33-37-85(57)51-41-63(7,8)81-64(9,10)42-51/h51-54,81-82H,29-50H2,1-28H3,(H,73,75,77,79)(H,74,76,78,80). The molecule has 0 aliphatic carbocycles. The zero-order valence-electron chi connectivity index (χ0n) is 62.2. The average molecular weight is 1230 g/mol. The highest BCUT2D eigenvalue weighted by molar-refractivity contribution is 5.50. The predicted molar refractivity (Wildman–Crippen MR) is 376 cm³/mol. The molecule has 4 N–H and O–H groups in total. The molecular formula is C72H136N16. The Morgan fingerprint density at radius 1 is 0.341 bits per heavy atom. The summed E-state index contributed by atoms with van der Waals surface area (Å²) in [5.41, 5.74) is -0.681. The molecule has 2 aromatic heterocycles. The first kappa shape index (κ1) is 72.1. The van der Waals surface area contributed by atoms with Crippen LogP contribution in [0.4, 0.5) is 35.7 Å². The van der Waals surface area contributed by atoms with Gasteiger partial charge in [-0.25, -0.2) is 0 Å². The van der Waals surface area contributed by atoms with Crippen LogP contribution in [0, 0.1) is 10.8 Å². The second-order valence-corrected chi connectivity index (χ2v) is 38.0. The number of piperidine rings is 4. The number of fused-ring (bicyclic) bond motifs is 4. The van der Waals surface area contributed by atoms with Gasteiger partial charge in [0, 0.05) is 106 Å². The molecule has 504 valence electrons. The predicted octanol–water partition coefficient (Wildman–Crippen LogP) is 15.3. The summed E-state index contributed by atoms with van der Waals surface area (Å²) in [4.78, 5) is 49.8. The van der Waals surface area contributed by atoms with Gasteiger partial charge in [0.2, 0.25) is 35.7 Å². The van der Waals surface area contributed by atoms with Crippen LogP contribution in [0.5, 0.6) is 0 Å². The van der Waals surface area contributed by atoms with Crippen molar-refractivity contribution in [3.63, 3.8) is 0 Å². The van der Waals surface area contributed by atoms with Crippen molar-refractivity contribution in [2.45, 2.75) is 375 Å². The zero-order valence-corrected chi connectivity index (χ0v) is 62.2. The monoisotopic (exact) mass is 1230 g/mol. The SMILES string of the molecule is CN1C(C)(C)CC(N2CCCCCCN(C3CC(C)(C)N(C)C(C)(C)C3)c3nc(NC(C)(C)CC(C)(C)C)nc(n3)N(C3CC(C)(C)NC(C)(C)C3)CCCCCCN(C3CC(C)(C)NC(C)(C)C3)c3nc(NC(C)(C)CC(C)(C)C)nc2n3)CC1(C)C. The first-order valence-corrected chi connectivity index (χ1v) is 35.2. The van der Waals surface area contributed by atoms with E-state index in [9.17, 15) is 0 Å². The second-order valence-electron chi connectivity index (χ2n) is 38.0. The minimum Gasteiger partial charge on any atom is -0.349 e. The molecule has 5 aliphatic rings. The molecule has 7 heterocycles. The highest BCUT2D eigenvalue weighted by Crippen LogP contribution is 2.44. The Morgan fingerprint density at radius 2 is 0.557 bits per heavy atom. The smallest absolute Gasteiger partial charge is 0.232 e. The maximum absolute atomic E-state index is 5.82. The number of nitrogens with zero attached hydrogens (tertiary/aromatic N) is 12. The van der Waals surface area contributed by atoms with Crippen molar-refractivity contribution in [3.05, 3.63) is 0 Å². The summed E-state index contributed by atoms with van der Waals surface area (Å²) in [5, 5.41) is 16.0. The van der Waals surface area contributed by atoms with Gasteiger partial charge in [0.05, 0.1) is 0 Å². The maximum Gasteiger partial charge on any atom is 0.232 e. The third-order valence-electron chi connectivity index (χ3n) is 20.9. The summed E-state index contributed by atoms with van der Waals surface area (Å²) < 4.78 is 0. The van der Waals surface area contributed by atoms with Crippen LogP contribution in [0.15, 0.2) is 0 Å². The van der Waals surface area contributed by atoms with E-state index in [1.807, 2.05) is 0 Å². The zero-order chi connectivity index (χ0) is 65.9. The van der Waals surface area contributed by atoms with E-state index < -0.39 is 0 Å². The van der Waals surface area contributed by atoms with Crippen molar-refractivity contribution in [1.82, 2.24) is 50.3 Å². The third-order valence-corrected chi connectivity index (χ3v) is 20.9. The summed E-state index contributed by atoms with van der Waals surface area (Å²) in [5.74, 6) is 4.67. The molecule has 4 saturated heterocycles. The van der Waals surface area contributed by atoms with Gasteiger partial charge >= 0.3 is 0 Å². The van der Waals surface area contributed by atoms with E-state index in [2.05, 4.69) is 245 Å². The van der Waals surface area contributed by atoms with Crippen molar-refractivity contribution in [2.75, 3.05) is 70.5 Å². The molecule has 4 bridgehead atoms. The average Bonchev–Trinajstić information content (AvgIpc) is 3.39. The molecule has 0 amide bonds. The molecule has 16 heteroatoms. The van der Waals surface area contributed by atoms with Crippen LogP contribution in [0.2, 0.25) is 0 Å². The third kappa shape index (κ3) is 19.4. The van der Waals surface area contributed by atoms with E-state index in [1.165, 1.54) is 0 Å². The molecule has 0 saturated carbocycles. The van der Waals surface area contributed by atoms with Gasteiger partial charge in [0.15, 0.2) is 0 Å². The molecule has 0 spiro atoms. The number of hydrogen-bond acceptors (Lipinski definition) is 16. The normalized spacial score (nSPS) is 25.4. The van der Waals surface area contributed by atoms with Gasteiger partial charge in [-0.2, -0.15) is 29.9 Å². The fraction of sp³-hybridized carbons (Fsp3) is 0.917. The Hall–Kier alpha value is -3.34. The number of nitrogens with one attached hydrogen (secondary N) is 4. The maximum atomic E-state index is 5.82. The molecule has 0 unspecified atom stereocenters. The summed E-state index contributed by atoms with van der Waals surface area (Å²) in [6, 6.07) is 0.953. The minimum absolute atomic E-state index is 0.0257. The van der Waals surface area contributed by atoms with Crippen molar-refractivity contribution < 1.29 is 0 Å². The lowest BCUT2D eigenvalue weighted by atomic mass is 9.77. The summed E-state index contributed by atoms with van der Waals surface area (Å²) >= 11 is 0. The summed E-state index contributed by atoms with van der Waals surface area (Å²) in [6.07, 6.45) is 18.5. The van der Waals surface area contributed by atoms with Gasteiger partial charge < -0.3 is 40.9 Å². The molecular weight excluding hydrogens is 1090 g/mol. The molecule has 7 rings (SSSR count). The fourth-order valence-corrected chi connectivity index (χ4v) is 18.4. The van der Waals surface area contributed by atoms with Crippen molar-refractivity contribution in [2.24, 2.45) is 10.8 Å². The summed E-state index contributed by atoms with van der Waals surface area (Å²) in [6.45, 7) is 65.4. The Balaban J connectivity index is 1.38. The number of likely N-dealkylation sites (tertiary alicyclic amines) is 2. The van der Waals surface area contributed by atoms with Crippen molar-refractivity contribution in [3.8, 4) is 0 Å². The lowest BCUT2D eigenvalue weighted by molar-refractivity contribution is -0.0133. The van der Waals surface area contributed by atoms with Gasteiger partial charge in [0.25, 0.3) is 0 Å². The van der Waals surface area contributed by atoms with Gasteiger partial charge in [-0.05, 0) is 253 Å². The molecule has 0 radical (unpaired) electrons.